The van der Waals surface area contributed by atoms with E-state index in [2.05, 4.69) is 6.58 Å². The minimum atomic E-state index is -3.66. The number of rotatable bonds is 3. The smallest absolute Gasteiger partial charge is 0.205 e. The second kappa shape index (κ2) is 4.03. The highest BCUT2D eigenvalue weighted by atomic mass is 32.2. The van der Waals surface area contributed by atoms with E-state index in [4.69, 9.17) is 0 Å². The van der Waals surface area contributed by atoms with Crippen molar-refractivity contribution in [2.45, 2.75) is 31.3 Å². The van der Waals surface area contributed by atoms with Gasteiger partial charge in [-0.3, -0.25) is 0 Å². The molecule has 0 saturated heterocycles. The molecule has 0 unspecified atom stereocenters. The fraction of sp³-hybridized carbons (Fsp3) is 0.333. The van der Waals surface area contributed by atoms with Gasteiger partial charge in [0, 0.05) is 0 Å². The van der Waals surface area contributed by atoms with Gasteiger partial charge in [-0.05, 0) is 32.9 Å². The van der Waals surface area contributed by atoms with E-state index in [0.29, 0.717) is 0 Å². The third kappa shape index (κ3) is 2.51. The largest absolute Gasteiger partial charge is 0.385 e. The lowest BCUT2D eigenvalue weighted by atomic mass is 10.1. The summed E-state index contributed by atoms with van der Waals surface area (Å²) < 4.78 is 24.1. The number of aryl methyl sites for hydroxylation is 1. The number of sulfone groups is 1. The monoisotopic (exact) mass is 240 g/mol. The maximum atomic E-state index is 12.0. The van der Waals surface area contributed by atoms with Crippen molar-refractivity contribution < 1.29 is 13.5 Å². The second-order valence-electron chi connectivity index (χ2n) is 4.30. The molecule has 0 aliphatic carbocycles. The van der Waals surface area contributed by atoms with Gasteiger partial charge in [-0.25, -0.2) is 8.42 Å². The molecule has 0 saturated carbocycles. The Balaban J connectivity index is 3.23. The Morgan fingerprint density at radius 3 is 2.06 bits per heavy atom. The summed E-state index contributed by atoms with van der Waals surface area (Å²) in [6.07, 6.45) is 0. The van der Waals surface area contributed by atoms with Crippen molar-refractivity contribution in [1.29, 1.82) is 0 Å². The van der Waals surface area contributed by atoms with E-state index in [0.717, 1.165) is 5.56 Å². The van der Waals surface area contributed by atoms with Crippen LogP contribution in [0.2, 0.25) is 0 Å². The minimum absolute atomic E-state index is 0.158. The summed E-state index contributed by atoms with van der Waals surface area (Å²) in [5, 5.41) is 9.66. The van der Waals surface area contributed by atoms with Crippen molar-refractivity contribution in [1.82, 2.24) is 0 Å². The Morgan fingerprint density at radius 1 is 1.25 bits per heavy atom. The van der Waals surface area contributed by atoms with Gasteiger partial charge in [0.25, 0.3) is 0 Å². The van der Waals surface area contributed by atoms with E-state index in [9.17, 15) is 13.5 Å². The number of benzene rings is 1. The van der Waals surface area contributed by atoms with E-state index in [1.807, 2.05) is 6.92 Å². The first-order valence-electron chi connectivity index (χ1n) is 4.89. The molecule has 1 aromatic rings. The third-order valence-electron chi connectivity index (χ3n) is 2.34. The van der Waals surface area contributed by atoms with E-state index >= 15 is 0 Å². The van der Waals surface area contributed by atoms with Crippen molar-refractivity contribution >= 4 is 9.84 Å². The molecule has 0 fully saturated rings. The molecular formula is C12H16O3S. The van der Waals surface area contributed by atoms with Crippen molar-refractivity contribution in [2.24, 2.45) is 0 Å². The first kappa shape index (κ1) is 12.9. The van der Waals surface area contributed by atoms with Gasteiger partial charge in [0.2, 0.25) is 9.84 Å². The summed E-state index contributed by atoms with van der Waals surface area (Å²) in [6, 6.07) is 6.46. The maximum Gasteiger partial charge on any atom is 0.205 e. The molecule has 0 aromatic heterocycles. The Morgan fingerprint density at radius 2 is 1.69 bits per heavy atom. The molecule has 0 radical (unpaired) electrons. The van der Waals surface area contributed by atoms with Crippen molar-refractivity contribution in [3.63, 3.8) is 0 Å². The van der Waals surface area contributed by atoms with Crippen LogP contribution in [-0.2, 0) is 9.84 Å². The molecule has 16 heavy (non-hydrogen) atoms. The van der Waals surface area contributed by atoms with Crippen LogP contribution in [0.5, 0.6) is 0 Å². The molecule has 3 nitrogen and oxygen atoms in total. The number of hydrogen-bond donors (Lipinski definition) is 1. The van der Waals surface area contributed by atoms with Gasteiger partial charge in [0.05, 0.1) is 15.4 Å². The van der Waals surface area contributed by atoms with Crippen LogP contribution in [0.3, 0.4) is 0 Å². The van der Waals surface area contributed by atoms with Crippen LogP contribution in [0.1, 0.15) is 19.4 Å². The van der Waals surface area contributed by atoms with Crippen LogP contribution in [0.25, 0.3) is 0 Å². The van der Waals surface area contributed by atoms with Gasteiger partial charge in [-0.15, -0.1) is 0 Å². The molecule has 0 heterocycles. The van der Waals surface area contributed by atoms with Gasteiger partial charge in [-0.1, -0.05) is 24.3 Å². The van der Waals surface area contributed by atoms with Gasteiger partial charge < -0.3 is 5.11 Å². The first-order chi connectivity index (χ1) is 7.15. The number of aliphatic hydroxyl groups is 1. The van der Waals surface area contributed by atoms with Crippen LogP contribution in [0, 0.1) is 6.92 Å². The molecule has 88 valence electrons. The highest BCUT2D eigenvalue weighted by Crippen LogP contribution is 2.26. The molecule has 0 aliphatic heterocycles. The first-order valence-corrected chi connectivity index (χ1v) is 6.37. The summed E-state index contributed by atoms with van der Waals surface area (Å²) in [5.74, 6) is 0. The molecular weight excluding hydrogens is 224 g/mol. The van der Waals surface area contributed by atoms with E-state index in [-0.39, 0.29) is 9.80 Å². The summed E-state index contributed by atoms with van der Waals surface area (Å²) in [7, 11) is -3.66. The van der Waals surface area contributed by atoms with E-state index in [1.165, 1.54) is 26.0 Å². The van der Waals surface area contributed by atoms with Gasteiger partial charge in [0.15, 0.2) is 0 Å². The molecule has 1 aromatic carbocycles. The van der Waals surface area contributed by atoms with Crippen molar-refractivity contribution in [3.8, 4) is 0 Å². The molecule has 0 amide bonds. The highest BCUT2D eigenvalue weighted by molar-refractivity contribution is 7.95. The van der Waals surface area contributed by atoms with Gasteiger partial charge >= 0.3 is 0 Å². The molecule has 4 heteroatoms. The SMILES string of the molecule is C=C(C(C)(C)O)S(=O)(=O)c1ccc(C)cc1. The second-order valence-corrected chi connectivity index (χ2v) is 6.27. The predicted molar refractivity (Wildman–Crippen MR) is 63.8 cm³/mol. The molecule has 1 rings (SSSR count). The average Bonchev–Trinajstić information content (AvgIpc) is 2.16. The third-order valence-corrected chi connectivity index (χ3v) is 4.38. The van der Waals surface area contributed by atoms with Crippen LogP contribution in [0.4, 0.5) is 0 Å². The lowest BCUT2D eigenvalue weighted by Gasteiger charge is -2.20. The molecule has 0 bridgehead atoms. The van der Waals surface area contributed by atoms with Gasteiger partial charge in [0.1, 0.15) is 0 Å². The normalized spacial score (nSPS) is 12.5. The van der Waals surface area contributed by atoms with Gasteiger partial charge in [-0.2, -0.15) is 0 Å². The summed E-state index contributed by atoms with van der Waals surface area (Å²) >= 11 is 0. The standard InChI is InChI=1S/C12H16O3S/c1-9-5-7-11(8-6-9)16(14,15)10(2)12(3,4)13/h5-8,13H,2H2,1,3-4H3. The quantitative estimate of drug-likeness (QED) is 0.879. The lowest BCUT2D eigenvalue weighted by Crippen LogP contribution is -2.27. The number of hydrogen-bond acceptors (Lipinski definition) is 3. The summed E-state index contributed by atoms with van der Waals surface area (Å²) in [6.45, 7) is 8.14. The summed E-state index contributed by atoms with van der Waals surface area (Å²) in [5.41, 5.74) is -0.461. The fourth-order valence-corrected chi connectivity index (χ4v) is 2.63. The van der Waals surface area contributed by atoms with Crippen LogP contribution in [-0.4, -0.2) is 19.1 Å². The van der Waals surface area contributed by atoms with Crippen LogP contribution < -0.4 is 0 Å². The molecule has 0 atom stereocenters. The maximum absolute atomic E-state index is 12.0. The van der Waals surface area contributed by atoms with Crippen molar-refractivity contribution in [2.75, 3.05) is 0 Å². The zero-order chi connectivity index (χ0) is 12.6. The summed E-state index contributed by atoms with van der Waals surface area (Å²) in [4.78, 5) is -0.0333. The van der Waals surface area contributed by atoms with E-state index in [1.54, 1.807) is 12.1 Å². The minimum Gasteiger partial charge on any atom is -0.385 e. The zero-order valence-electron chi connectivity index (χ0n) is 9.69. The highest BCUT2D eigenvalue weighted by Gasteiger charge is 2.30. The fourth-order valence-electron chi connectivity index (χ4n) is 1.19. The molecule has 0 aliphatic rings. The van der Waals surface area contributed by atoms with Crippen LogP contribution >= 0.6 is 0 Å². The molecule has 0 spiro atoms. The predicted octanol–water partition coefficient (Wildman–Crippen LogP) is 2.05. The topological polar surface area (TPSA) is 54.4 Å². The van der Waals surface area contributed by atoms with Crippen LogP contribution in [0.15, 0.2) is 40.6 Å². The van der Waals surface area contributed by atoms with Crippen molar-refractivity contribution in [3.05, 3.63) is 41.3 Å². The lowest BCUT2D eigenvalue weighted by molar-refractivity contribution is 0.128. The zero-order valence-corrected chi connectivity index (χ0v) is 10.5. The Kier molecular flexibility index (Phi) is 3.26. The average molecular weight is 240 g/mol. The Hall–Kier alpha value is -1.13. The van der Waals surface area contributed by atoms with E-state index < -0.39 is 15.4 Å². The Labute approximate surface area is 96.4 Å². The molecule has 1 N–H and O–H groups in total. The Bertz CT molecular complexity index is 490.